The van der Waals surface area contributed by atoms with Crippen molar-refractivity contribution in [1.82, 2.24) is 0 Å². The van der Waals surface area contributed by atoms with Crippen LogP contribution in [0.25, 0.3) is 0 Å². The first-order chi connectivity index (χ1) is 5.79. The minimum atomic E-state index is -0.133. The van der Waals surface area contributed by atoms with E-state index >= 15 is 0 Å². The standard InChI is InChI=1S/C9H7BrO2/c10-9-7-4-2-1-3-6(7)8(11)5-12-9/h1-4,9H,5H2. The Morgan fingerprint density at radius 1 is 1.42 bits per heavy atom. The first-order valence-corrected chi connectivity index (χ1v) is 4.58. The summed E-state index contributed by atoms with van der Waals surface area (Å²) >= 11 is 3.34. The molecule has 2 rings (SSSR count). The van der Waals surface area contributed by atoms with Crippen LogP contribution in [-0.4, -0.2) is 12.4 Å². The highest BCUT2D eigenvalue weighted by molar-refractivity contribution is 9.09. The second-order valence-corrected chi connectivity index (χ2v) is 3.47. The van der Waals surface area contributed by atoms with Gasteiger partial charge in [-0.25, -0.2) is 0 Å². The molecule has 0 fully saturated rings. The van der Waals surface area contributed by atoms with E-state index in [2.05, 4.69) is 15.9 Å². The van der Waals surface area contributed by atoms with Crippen LogP contribution in [0, 0.1) is 0 Å². The number of carbonyl (C=O) groups excluding carboxylic acids is 1. The van der Waals surface area contributed by atoms with E-state index in [9.17, 15) is 4.79 Å². The summed E-state index contributed by atoms with van der Waals surface area (Å²) in [6.45, 7) is 0.174. The first-order valence-electron chi connectivity index (χ1n) is 3.67. The molecule has 62 valence electrons. The van der Waals surface area contributed by atoms with E-state index in [-0.39, 0.29) is 17.4 Å². The molecule has 0 aliphatic carbocycles. The molecule has 0 bridgehead atoms. The Balaban J connectivity index is 2.55. The monoisotopic (exact) mass is 226 g/mol. The summed E-state index contributed by atoms with van der Waals surface area (Å²) < 4.78 is 5.18. The van der Waals surface area contributed by atoms with Gasteiger partial charge in [0.25, 0.3) is 0 Å². The second kappa shape index (κ2) is 2.99. The van der Waals surface area contributed by atoms with Crippen LogP contribution in [0.15, 0.2) is 24.3 Å². The lowest BCUT2D eigenvalue weighted by Gasteiger charge is -2.19. The number of benzene rings is 1. The summed E-state index contributed by atoms with van der Waals surface area (Å²) in [5.41, 5.74) is 1.69. The maximum atomic E-state index is 11.3. The SMILES string of the molecule is O=C1COC(Br)c2ccccc21. The molecular formula is C9H7BrO2. The number of halogens is 1. The number of alkyl halides is 1. The fraction of sp³-hybridized carbons (Fsp3) is 0.222. The molecule has 0 saturated carbocycles. The molecule has 12 heavy (non-hydrogen) atoms. The maximum Gasteiger partial charge on any atom is 0.188 e. The van der Waals surface area contributed by atoms with Gasteiger partial charge in [0.1, 0.15) is 11.6 Å². The predicted octanol–water partition coefficient (Wildman–Crippen LogP) is 2.29. The number of fused-ring (bicyclic) bond motifs is 1. The van der Waals surface area contributed by atoms with Crippen LogP contribution in [0.1, 0.15) is 20.9 Å². The van der Waals surface area contributed by atoms with Crippen molar-refractivity contribution in [2.24, 2.45) is 0 Å². The third-order valence-corrected chi connectivity index (χ3v) is 2.62. The third-order valence-electron chi connectivity index (χ3n) is 1.87. The summed E-state index contributed by atoms with van der Waals surface area (Å²) in [4.78, 5) is 11.3. The van der Waals surface area contributed by atoms with Crippen LogP contribution in [0.4, 0.5) is 0 Å². The summed E-state index contributed by atoms with van der Waals surface area (Å²) in [6, 6.07) is 7.48. The van der Waals surface area contributed by atoms with Gasteiger partial charge in [0.05, 0.1) is 0 Å². The van der Waals surface area contributed by atoms with Crippen LogP contribution < -0.4 is 0 Å². The molecule has 1 atom stereocenters. The fourth-order valence-corrected chi connectivity index (χ4v) is 1.80. The quantitative estimate of drug-likeness (QED) is 0.635. The van der Waals surface area contributed by atoms with Crippen LogP contribution in [0.3, 0.4) is 0 Å². The summed E-state index contributed by atoms with van der Waals surface area (Å²) in [6.07, 6.45) is 0. The maximum absolute atomic E-state index is 11.3. The van der Waals surface area contributed by atoms with E-state index in [1.807, 2.05) is 24.3 Å². The highest BCUT2D eigenvalue weighted by Gasteiger charge is 2.23. The topological polar surface area (TPSA) is 26.3 Å². The van der Waals surface area contributed by atoms with E-state index in [0.717, 1.165) is 11.1 Å². The third kappa shape index (κ3) is 1.19. The number of ketones is 1. The summed E-state index contributed by atoms with van der Waals surface area (Å²) in [5, 5.41) is -0.133. The van der Waals surface area contributed by atoms with Crippen molar-refractivity contribution in [2.45, 2.75) is 5.01 Å². The number of carbonyl (C=O) groups is 1. The minimum absolute atomic E-state index is 0.0568. The number of ether oxygens (including phenoxy) is 1. The van der Waals surface area contributed by atoms with Crippen molar-refractivity contribution in [1.29, 1.82) is 0 Å². The number of hydrogen-bond acceptors (Lipinski definition) is 2. The van der Waals surface area contributed by atoms with Crippen LogP contribution >= 0.6 is 15.9 Å². The van der Waals surface area contributed by atoms with E-state index < -0.39 is 0 Å². The molecule has 1 heterocycles. The Labute approximate surface area is 78.7 Å². The highest BCUT2D eigenvalue weighted by Crippen LogP contribution is 2.31. The van der Waals surface area contributed by atoms with Gasteiger partial charge in [-0.15, -0.1) is 0 Å². The second-order valence-electron chi connectivity index (χ2n) is 2.64. The molecule has 1 unspecified atom stereocenters. The van der Waals surface area contributed by atoms with Crippen molar-refractivity contribution in [3.05, 3.63) is 35.4 Å². The average Bonchev–Trinajstić information content (AvgIpc) is 2.12. The lowest BCUT2D eigenvalue weighted by atomic mass is 10.0. The molecule has 0 N–H and O–H groups in total. The van der Waals surface area contributed by atoms with Gasteiger partial charge in [-0.05, 0) is 0 Å². The van der Waals surface area contributed by atoms with E-state index in [1.54, 1.807) is 0 Å². The molecule has 0 radical (unpaired) electrons. The molecule has 3 heteroatoms. The zero-order valence-corrected chi connectivity index (χ0v) is 7.87. The molecule has 0 saturated heterocycles. The van der Waals surface area contributed by atoms with Crippen LogP contribution in [-0.2, 0) is 4.74 Å². The van der Waals surface area contributed by atoms with Crippen molar-refractivity contribution < 1.29 is 9.53 Å². The Bertz CT molecular complexity index is 322. The average molecular weight is 227 g/mol. The van der Waals surface area contributed by atoms with Crippen LogP contribution in [0.2, 0.25) is 0 Å². The molecule has 1 aliphatic rings. The molecular weight excluding hydrogens is 220 g/mol. The molecule has 1 aromatic carbocycles. The van der Waals surface area contributed by atoms with Gasteiger partial charge in [0.15, 0.2) is 5.78 Å². The fourth-order valence-electron chi connectivity index (χ4n) is 1.27. The lowest BCUT2D eigenvalue weighted by Crippen LogP contribution is -2.19. The van der Waals surface area contributed by atoms with Gasteiger partial charge in [-0.1, -0.05) is 40.2 Å². The molecule has 0 spiro atoms. The van der Waals surface area contributed by atoms with Crippen molar-refractivity contribution >= 4 is 21.7 Å². The predicted molar refractivity (Wildman–Crippen MR) is 48.4 cm³/mol. The van der Waals surface area contributed by atoms with Crippen LogP contribution in [0.5, 0.6) is 0 Å². The van der Waals surface area contributed by atoms with E-state index in [0.29, 0.717) is 0 Å². The van der Waals surface area contributed by atoms with Gasteiger partial charge in [-0.3, -0.25) is 4.79 Å². The smallest absolute Gasteiger partial charge is 0.188 e. The van der Waals surface area contributed by atoms with Gasteiger partial charge < -0.3 is 4.74 Å². The van der Waals surface area contributed by atoms with Gasteiger partial charge in [0, 0.05) is 11.1 Å². The largest absolute Gasteiger partial charge is 0.354 e. The Kier molecular flexibility index (Phi) is 1.98. The van der Waals surface area contributed by atoms with Gasteiger partial charge in [-0.2, -0.15) is 0 Å². The van der Waals surface area contributed by atoms with Crippen molar-refractivity contribution in [3.63, 3.8) is 0 Å². The number of rotatable bonds is 0. The Morgan fingerprint density at radius 3 is 2.92 bits per heavy atom. The Hall–Kier alpha value is -0.670. The van der Waals surface area contributed by atoms with Gasteiger partial charge in [0.2, 0.25) is 0 Å². The number of hydrogen-bond donors (Lipinski definition) is 0. The molecule has 0 aromatic heterocycles. The van der Waals surface area contributed by atoms with E-state index in [1.165, 1.54) is 0 Å². The molecule has 1 aromatic rings. The summed E-state index contributed by atoms with van der Waals surface area (Å²) in [7, 11) is 0. The van der Waals surface area contributed by atoms with Crippen molar-refractivity contribution in [2.75, 3.05) is 6.61 Å². The molecule has 2 nitrogen and oxygen atoms in total. The molecule has 1 aliphatic heterocycles. The molecule has 0 amide bonds. The number of Topliss-reactive ketones (excluding diaryl/α,β-unsaturated/α-hetero) is 1. The zero-order valence-electron chi connectivity index (χ0n) is 6.29. The first kappa shape index (κ1) is 7.95. The Morgan fingerprint density at radius 2 is 2.17 bits per heavy atom. The van der Waals surface area contributed by atoms with Crippen molar-refractivity contribution in [3.8, 4) is 0 Å². The lowest BCUT2D eigenvalue weighted by molar-refractivity contribution is 0.0656. The zero-order chi connectivity index (χ0) is 8.55. The van der Waals surface area contributed by atoms with E-state index in [4.69, 9.17) is 4.74 Å². The minimum Gasteiger partial charge on any atom is -0.354 e. The van der Waals surface area contributed by atoms with Gasteiger partial charge >= 0.3 is 0 Å². The summed E-state index contributed by atoms with van der Waals surface area (Å²) in [5.74, 6) is 0.0568. The normalized spacial score (nSPS) is 22.1. The highest BCUT2D eigenvalue weighted by atomic mass is 79.9.